The molecule has 190 valence electrons. The molecule has 0 aromatic rings. The lowest BCUT2D eigenvalue weighted by Gasteiger charge is -2.56. The zero-order valence-corrected chi connectivity index (χ0v) is 20.3. The Hall–Kier alpha value is -2.98. The molecule has 0 saturated carbocycles. The number of ether oxygens (including phenoxy) is 5. The first-order valence-corrected chi connectivity index (χ1v) is 11.5. The fourth-order valence-electron chi connectivity index (χ4n) is 5.69. The van der Waals surface area contributed by atoms with Crippen molar-refractivity contribution in [1.82, 2.24) is 0 Å². The number of hydrogen-bond acceptors (Lipinski definition) is 10. The van der Waals surface area contributed by atoms with E-state index in [9.17, 15) is 24.3 Å². The van der Waals surface area contributed by atoms with Crippen LogP contribution < -0.4 is 0 Å². The van der Waals surface area contributed by atoms with Crippen molar-refractivity contribution >= 4 is 23.9 Å². The van der Waals surface area contributed by atoms with E-state index in [4.69, 9.17) is 23.7 Å². The molecule has 2 spiro atoms. The van der Waals surface area contributed by atoms with Gasteiger partial charge in [-0.1, -0.05) is 20.1 Å². The fourth-order valence-corrected chi connectivity index (χ4v) is 5.69. The van der Waals surface area contributed by atoms with Crippen molar-refractivity contribution in [3.05, 3.63) is 36.1 Å². The smallest absolute Gasteiger partial charge is 0.342 e. The summed E-state index contributed by atoms with van der Waals surface area (Å²) < 4.78 is 28.7. The van der Waals surface area contributed by atoms with Crippen molar-refractivity contribution in [2.24, 2.45) is 5.92 Å². The molecule has 10 nitrogen and oxygen atoms in total. The van der Waals surface area contributed by atoms with Crippen LogP contribution in [0.2, 0.25) is 0 Å². The Bertz CT molecular complexity index is 1070. The lowest BCUT2D eigenvalue weighted by atomic mass is 9.63. The van der Waals surface area contributed by atoms with Crippen LogP contribution in [0.5, 0.6) is 0 Å². The molecule has 3 saturated heterocycles. The zero-order valence-electron chi connectivity index (χ0n) is 20.3. The molecule has 0 radical (unpaired) electrons. The molecule has 3 fully saturated rings. The number of carbonyl (C=O) groups excluding carboxylic acids is 4. The van der Waals surface area contributed by atoms with E-state index < -0.39 is 64.9 Å². The molecule has 0 aromatic carbocycles. The molecular formula is C25H30O10. The quantitative estimate of drug-likeness (QED) is 0.345. The summed E-state index contributed by atoms with van der Waals surface area (Å²) >= 11 is 0. The molecular weight excluding hydrogens is 460 g/mol. The van der Waals surface area contributed by atoms with E-state index in [1.54, 1.807) is 13.8 Å². The predicted octanol–water partition coefficient (Wildman–Crippen LogP) is 1.80. The van der Waals surface area contributed by atoms with Crippen molar-refractivity contribution in [1.29, 1.82) is 0 Å². The Morgan fingerprint density at radius 3 is 2.57 bits per heavy atom. The summed E-state index contributed by atoms with van der Waals surface area (Å²) in [7, 11) is 0. The highest BCUT2D eigenvalue weighted by molar-refractivity contribution is 5.96. The number of aliphatic hydroxyl groups is 1. The Kier molecular flexibility index (Phi) is 5.76. The first kappa shape index (κ1) is 25.1. The van der Waals surface area contributed by atoms with Crippen LogP contribution in [0.4, 0.5) is 0 Å². The topological polar surface area (TPSA) is 135 Å². The fraction of sp³-hybridized carbons (Fsp3) is 0.600. The molecule has 35 heavy (non-hydrogen) atoms. The van der Waals surface area contributed by atoms with E-state index in [1.807, 2.05) is 6.92 Å². The minimum Gasteiger partial charge on any atom is -0.461 e. The Morgan fingerprint density at radius 2 is 1.94 bits per heavy atom. The van der Waals surface area contributed by atoms with Crippen LogP contribution in [0.25, 0.3) is 0 Å². The predicted molar refractivity (Wildman–Crippen MR) is 118 cm³/mol. The van der Waals surface area contributed by atoms with Gasteiger partial charge in [-0.25, -0.2) is 9.59 Å². The Balaban J connectivity index is 1.85. The first-order valence-electron chi connectivity index (χ1n) is 11.5. The highest BCUT2D eigenvalue weighted by Crippen LogP contribution is 2.62. The van der Waals surface area contributed by atoms with Gasteiger partial charge >= 0.3 is 23.9 Å². The molecule has 4 rings (SSSR count). The van der Waals surface area contributed by atoms with Crippen LogP contribution in [0, 0.1) is 5.92 Å². The van der Waals surface area contributed by atoms with Gasteiger partial charge in [-0.2, -0.15) is 0 Å². The van der Waals surface area contributed by atoms with Gasteiger partial charge in [0.25, 0.3) is 0 Å². The number of hydrogen-bond donors (Lipinski definition) is 1. The summed E-state index contributed by atoms with van der Waals surface area (Å²) in [5, 5.41) is 11.1. The van der Waals surface area contributed by atoms with Crippen LogP contribution in [0.15, 0.2) is 36.1 Å². The van der Waals surface area contributed by atoms with Crippen molar-refractivity contribution in [3.63, 3.8) is 0 Å². The maximum atomic E-state index is 13.0. The van der Waals surface area contributed by atoms with Gasteiger partial charge in [0.15, 0.2) is 5.60 Å². The molecule has 4 heterocycles. The summed E-state index contributed by atoms with van der Waals surface area (Å²) in [5.74, 6) is -3.53. The third-order valence-electron chi connectivity index (χ3n) is 7.54. The first-order chi connectivity index (χ1) is 16.2. The van der Waals surface area contributed by atoms with Crippen LogP contribution in [0.3, 0.4) is 0 Å². The van der Waals surface area contributed by atoms with Gasteiger partial charge in [0.05, 0.1) is 22.7 Å². The average molecular weight is 491 g/mol. The van der Waals surface area contributed by atoms with Crippen molar-refractivity contribution in [3.8, 4) is 0 Å². The van der Waals surface area contributed by atoms with E-state index in [0.717, 1.165) is 0 Å². The van der Waals surface area contributed by atoms with Crippen LogP contribution in [-0.2, 0) is 42.9 Å². The minimum absolute atomic E-state index is 0.0308. The molecule has 10 heteroatoms. The van der Waals surface area contributed by atoms with Gasteiger partial charge in [-0.15, -0.1) is 0 Å². The molecule has 6 atom stereocenters. The van der Waals surface area contributed by atoms with E-state index >= 15 is 0 Å². The minimum atomic E-state index is -1.79. The summed E-state index contributed by atoms with van der Waals surface area (Å²) in [6.07, 6.45) is 0.917. The second-order valence-electron chi connectivity index (χ2n) is 10.1. The monoisotopic (exact) mass is 490 g/mol. The standard InChI is InChI=1S/C25H30O10/c1-7-16-21(29)34-23(6)11-18(32-19(27)13(2)12-31-15(4)26)25-14(3)20(28)33-17(25)10-22(5,30)8-9-24(16,23)35-25/h10,16,18,30H,2-3,7-9,11-12H2,1,4-6H3/b17-10+/t16-,18-,22+,23+,24+,25+/m0/s1. The molecule has 0 aliphatic carbocycles. The van der Waals surface area contributed by atoms with Gasteiger partial charge in [-0.3, -0.25) is 9.59 Å². The van der Waals surface area contributed by atoms with Crippen molar-refractivity contribution in [2.45, 2.75) is 81.9 Å². The number of carbonyl (C=O) groups is 4. The van der Waals surface area contributed by atoms with Gasteiger partial charge < -0.3 is 28.8 Å². The average Bonchev–Trinajstić information content (AvgIpc) is 3.11. The Labute approximate surface area is 202 Å². The molecule has 0 unspecified atom stereocenters. The largest absolute Gasteiger partial charge is 0.461 e. The highest BCUT2D eigenvalue weighted by Gasteiger charge is 2.76. The van der Waals surface area contributed by atoms with Crippen molar-refractivity contribution < 1.29 is 48.0 Å². The maximum absolute atomic E-state index is 13.0. The lowest BCUT2D eigenvalue weighted by molar-refractivity contribution is -0.282. The SMILES string of the molecule is C=C(COC(C)=O)C(=O)O[C@H]1C[C@@]2(C)OC(=O)[C@H](CC)[C@]23CC[C@@](C)(O)/C=C2/OC(=O)C(=C)[C@@]21O3. The van der Waals surface area contributed by atoms with E-state index in [-0.39, 0.29) is 36.2 Å². The molecule has 4 aliphatic rings. The van der Waals surface area contributed by atoms with E-state index in [1.165, 1.54) is 13.0 Å². The van der Waals surface area contributed by atoms with Crippen LogP contribution in [-0.4, -0.2) is 64.1 Å². The van der Waals surface area contributed by atoms with Crippen LogP contribution in [0.1, 0.15) is 53.4 Å². The second kappa shape index (κ2) is 8.03. The number of esters is 4. The molecule has 0 aromatic heterocycles. The van der Waals surface area contributed by atoms with E-state index in [2.05, 4.69) is 13.2 Å². The maximum Gasteiger partial charge on any atom is 0.342 e. The summed E-state index contributed by atoms with van der Waals surface area (Å²) in [5.41, 5.74) is -6.00. The normalized spacial score (nSPS) is 41.3. The summed E-state index contributed by atoms with van der Waals surface area (Å²) in [6, 6.07) is 0. The van der Waals surface area contributed by atoms with Crippen molar-refractivity contribution in [2.75, 3.05) is 6.61 Å². The summed E-state index contributed by atoms with van der Waals surface area (Å²) in [6.45, 7) is 13.4. The van der Waals surface area contributed by atoms with Gasteiger partial charge in [0.2, 0.25) is 0 Å². The van der Waals surface area contributed by atoms with E-state index in [0.29, 0.717) is 6.42 Å². The molecule has 4 aliphatic heterocycles. The highest BCUT2D eigenvalue weighted by atomic mass is 16.7. The third-order valence-corrected chi connectivity index (χ3v) is 7.54. The molecule has 0 amide bonds. The second-order valence-corrected chi connectivity index (χ2v) is 10.1. The van der Waals surface area contributed by atoms with Gasteiger partial charge in [0, 0.05) is 13.3 Å². The van der Waals surface area contributed by atoms with Gasteiger partial charge in [-0.05, 0) is 39.2 Å². The third kappa shape index (κ3) is 3.61. The Morgan fingerprint density at radius 1 is 1.26 bits per heavy atom. The summed E-state index contributed by atoms with van der Waals surface area (Å²) in [4.78, 5) is 49.8. The zero-order chi connectivity index (χ0) is 26.0. The molecule has 2 bridgehead atoms. The molecule has 1 N–H and O–H groups in total. The van der Waals surface area contributed by atoms with Crippen LogP contribution >= 0.6 is 0 Å². The lowest BCUT2D eigenvalue weighted by Crippen LogP contribution is -2.70. The van der Waals surface area contributed by atoms with Gasteiger partial charge in [0.1, 0.15) is 29.7 Å². The number of rotatable bonds is 5.